The first-order valence-electron chi connectivity index (χ1n) is 22.0. The quantitative estimate of drug-likeness (QED) is 0.0201. The third-order valence-corrected chi connectivity index (χ3v) is 10.2. The van der Waals surface area contributed by atoms with Crippen LogP contribution in [0.2, 0.25) is 0 Å². The minimum atomic E-state index is -4.64. The lowest BCUT2D eigenvalue weighted by atomic mass is 10.0. The summed E-state index contributed by atoms with van der Waals surface area (Å²) in [5.41, 5.74) is 0. The van der Waals surface area contributed by atoms with Gasteiger partial charge in [0.15, 0.2) is 6.10 Å². The van der Waals surface area contributed by atoms with Gasteiger partial charge in [-0.15, -0.1) is 0 Å². The van der Waals surface area contributed by atoms with Gasteiger partial charge in [-0.1, -0.05) is 159 Å². The van der Waals surface area contributed by atoms with E-state index in [1.54, 1.807) is 0 Å². The van der Waals surface area contributed by atoms with Crippen LogP contribution in [0.3, 0.4) is 0 Å². The molecule has 57 heavy (non-hydrogen) atoms. The summed E-state index contributed by atoms with van der Waals surface area (Å²) in [4.78, 5) is 35.0. The second kappa shape index (κ2) is 39.4. The van der Waals surface area contributed by atoms with Crippen molar-refractivity contribution < 1.29 is 52.9 Å². The molecule has 0 bridgehead atoms. The third-order valence-electron chi connectivity index (χ3n) is 9.22. The Bertz CT molecular complexity index is 1120. The molecule has 4 N–H and O–H groups in total. The van der Waals surface area contributed by atoms with Gasteiger partial charge in [0, 0.05) is 12.8 Å². The highest BCUT2D eigenvalue weighted by molar-refractivity contribution is 7.47. The fourth-order valence-corrected chi connectivity index (χ4v) is 6.62. The molecule has 0 aliphatic heterocycles. The second-order valence-corrected chi connectivity index (χ2v) is 16.8. The smallest absolute Gasteiger partial charge is 0.462 e. The summed E-state index contributed by atoms with van der Waals surface area (Å²) in [6.07, 6.45) is 37.2. The van der Waals surface area contributed by atoms with E-state index in [1.165, 1.54) is 64.2 Å². The van der Waals surface area contributed by atoms with E-state index < -0.39 is 51.8 Å². The highest BCUT2D eigenvalue weighted by Gasteiger charge is 2.27. The van der Waals surface area contributed by atoms with Gasteiger partial charge >= 0.3 is 19.8 Å². The summed E-state index contributed by atoms with van der Waals surface area (Å²) in [6, 6.07) is 0. The Morgan fingerprint density at radius 3 is 1.63 bits per heavy atom. The van der Waals surface area contributed by atoms with E-state index in [4.69, 9.17) is 19.1 Å². The van der Waals surface area contributed by atoms with Crippen molar-refractivity contribution >= 4 is 19.8 Å². The number of phosphoric acid groups is 1. The topological polar surface area (TPSA) is 169 Å². The van der Waals surface area contributed by atoms with Crippen LogP contribution in [0.15, 0.2) is 48.6 Å². The van der Waals surface area contributed by atoms with Crippen molar-refractivity contribution in [3.8, 4) is 0 Å². The molecule has 0 amide bonds. The van der Waals surface area contributed by atoms with Crippen molar-refractivity contribution in [3.05, 3.63) is 48.6 Å². The molecule has 0 aromatic rings. The Kier molecular flexibility index (Phi) is 37.9. The summed E-state index contributed by atoms with van der Waals surface area (Å²) >= 11 is 0. The zero-order valence-corrected chi connectivity index (χ0v) is 36.7. The van der Waals surface area contributed by atoms with E-state index >= 15 is 0 Å². The Hall–Kier alpha value is -2.11. The van der Waals surface area contributed by atoms with Gasteiger partial charge in [0.1, 0.15) is 12.7 Å². The van der Waals surface area contributed by atoms with Gasteiger partial charge in [-0.25, -0.2) is 4.57 Å². The molecule has 332 valence electrons. The molecule has 0 aliphatic carbocycles. The molecule has 0 aromatic carbocycles. The molecule has 12 heteroatoms. The number of hydrogen-bond acceptors (Lipinski definition) is 10. The first kappa shape index (κ1) is 54.9. The van der Waals surface area contributed by atoms with Crippen LogP contribution in [0.5, 0.6) is 0 Å². The maximum Gasteiger partial charge on any atom is 0.472 e. The van der Waals surface area contributed by atoms with E-state index in [9.17, 15) is 29.3 Å². The molecular formula is C45H81O11P. The van der Waals surface area contributed by atoms with Crippen LogP contribution >= 0.6 is 7.82 Å². The van der Waals surface area contributed by atoms with Gasteiger partial charge in [0.25, 0.3) is 0 Å². The van der Waals surface area contributed by atoms with Crippen molar-refractivity contribution in [1.29, 1.82) is 0 Å². The fourth-order valence-electron chi connectivity index (χ4n) is 5.83. The minimum Gasteiger partial charge on any atom is -0.462 e. The van der Waals surface area contributed by atoms with Gasteiger partial charge in [0.2, 0.25) is 0 Å². The lowest BCUT2D eigenvalue weighted by Gasteiger charge is -2.20. The number of aliphatic hydroxyl groups excluding tert-OH is 3. The summed E-state index contributed by atoms with van der Waals surface area (Å²) < 4.78 is 32.6. The number of carbonyl (C=O) groups excluding carboxylic acids is 2. The van der Waals surface area contributed by atoms with E-state index in [0.717, 1.165) is 57.3 Å². The summed E-state index contributed by atoms with van der Waals surface area (Å²) in [5, 5.41) is 28.1. The Morgan fingerprint density at radius 2 is 1.09 bits per heavy atom. The Balaban J connectivity index is 4.39. The lowest BCUT2D eigenvalue weighted by Crippen LogP contribution is -2.29. The van der Waals surface area contributed by atoms with E-state index in [2.05, 4.69) is 55.7 Å². The molecule has 0 heterocycles. The maximum absolute atomic E-state index is 12.6. The molecule has 4 atom stereocenters. The first-order chi connectivity index (χ1) is 27.5. The Morgan fingerprint density at radius 1 is 0.596 bits per heavy atom. The molecule has 0 rings (SSSR count). The highest BCUT2D eigenvalue weighted by atomic mass is 31.2. The maximum atomic E-state index is 12.6. The number of allylic oxidation sites excluding steroid dienone is 7. The van der Waals surface area contributed by atoms with Crippen molar-refractivity contribution in [3.63, 3.8) is 0 Å². The number of aliphatic hydroxyl groups is 3. The second-order valence-electron chi connectivity index (χ2n) is 15.4. The van der Waals surface area contributed by atoms with E-state index in [1.807, 2.05) is 18.2 Å². The predicted molar refractivity (Wildman–Crippen MR) is 230 cm³/mol. The number of ether oxygens (including phenoxy) is 2. The predicted octanol–water partition coefficient (Wildman–Crippen LogP) is 10.6. The van der Waals surface area contributed by atoms with Crippen LogP contribution in [0.1, 0.15) is 175 Å². The number of esters is 2. The zero-order valence-electron chi connectivity index (χ0n) is 35.8. The van der Waals surface area contributed by atoms with Crippen molar-refractivity contribution in [2.75, 3.05) is 26.4 Å². The largest absolute Gasteiger partial charge is 0.472 e. The van der Waals surface area contributed by atoms with Gasteiger partial charge in [-0.2, -0.15) is 0 Å². The SMILES string of the molecule is CCCC(O)C/C=C\C/C=C\C/C=C\C/C=C\CCCC(=O)OC[C@H](COP(=O)(O)OC[C@@H](O)CO)OC(=O)CCCCCCCCCCCCCCCC(C)C. The number of rotatable bonds is 40. The minimum absolute atomic E-state index is 0.151. The molecule has 0 aliphatic rings. The standard InChI is InChI=1S/C45H81O11P/c1-4-31-41(47)33-28-24-20-16-12-8-6-9-13-17-21-25-29-34-44(49)53-38-43(39-55-57(51,52)54-37-42(48)36-46)56-45(50)35-30-26-22-18-14-10-5-7-11-15-19-23-27-32-40(2)3/h6,9,12,16-17,21,24,28,40-43,46-48H,4-5,7-8,10-11,13-15,18-20,22-23,25-27,29-39H2,1-3H3,(H,51,52)/b9-6-,16-12-,21-17-,28-24-/t41?,42-,43+/m0/s1. The van der Waals surface area contributed by atoms with Gasteiger partial charge in [-0.3, -0.25) is 18.6 Å². The lowest BCUT2D eigenvalue weighted by molar-refractivity contribution is -0.161. The highest BCUT2D eigenvalue weighted by Crippen LogP contribution is 2.43. The molecule has 2 unspecified atom stereocenters. The normalized spacial score (nSPS) is 14.9. The summed E-state index contributed by atoms with van der Waals surface area (Å²) in [6.45, 7) is 4.44. The molecule has 0 spiro atoms. The van der Waals surface area contributed by atoms with E-state index in [-0.39, 0.29) is 25.6 Å². The van der Waals surface area contributed by atoms with Gasteiger partial charge < -0.3 is 29.7 Å². The van der Waals surface area contributed by atoms with Gasteiger partial charge in [0.05, 0.1) is 25.9 Å². The fraction of sp³-hybridized carbons (Fsp3) is 0.778. The first-order valence-corrected chi connectivity index (χ1v) is 23.5. The summed E-state index contributed by atoms with van der Waals surface area (Å²) in [7, 11) is -4.64. The van der Waals surface area contributed by atoms with Crippen molar-refractivity contribution in [2.24, 2.45) is 5.92 Å². The molecular weight excluding hydrogens is 747 g/mol. The van der Waals surface area contributed by atoms with Crippen LogP contribution < -0.4 is 0 Å². The van der Waals surface area contributed by atoms with Crippen LogP contribution in [0, 0.1) is 5.92 Å². The number of phosphoric ester groups is 1. The number of hydrogen-bond donors (Lipinski definition) is 4. The molecule has 11 nitrogen and oxygen atoms in total. The van der Waals surface area contributed by atoms with Gasteiger partial charge in [-0.05, 0) is 57.3 Å². The average molecular weight is 829 g/mol. The van der Waals surface area contributed by atoms with Crippen LogP contribution in [0.4, 0.5) is 0 Å². The molecule has 0 saturated carbocycles. The summed E-state index contributed by atoms with van der Waals surface area (Å²) in [5.74, 6) is -0.201. The average Bonchev–Trinajstić information content (AvgIpc) is 3.17. The molecule has 0 saturated heterocycles. The zero-order chi connectivity index (χ0) is 42.2. The third kappa shape index (κ3) is 40.5. The number of unbranched alkanes of at least 4 members (excludes halogenated alkanes) is 13. The van der Waals surface area contributed by atoms with Crippen molar-refractivity contribution in [1.82, 2.24) is 0 Å². The molecule has 0 fully saturated rings. The van der Waals surface area contributed by atoms with Crippen LogP contribution in [0.25, 0.3) is 0 Å². The monoisotopic (exact) mass is 829 g/mol. The van der Waals surface area contributed by atoms with Crippen molar-refractivity contribution in [2.45, 2.75) is 193 Å². The van der Waals surface area contributed by atoms with E-state index in [0.29, 0.717) is 25.7 Å². The molecule has 0 radical (unpaired) electrons. The van der Waals surface area contributed by atoms with Crippen LogP contribution in [-0.2, 0) is 32.7 Å². The number of carbonyl (C=O) groups is 2. The van der Waals surface area contributed by atoms with Crippen LogP contribution in [-0.4, -0.2) is 76.9 Å². The Labute approximate surface area is 346 Å². The molecule has 0 aromatic heterocycles.